The van der Waals surface area contributed by atoms with Gasteiger partial charge in [0.15, 0.2) is 5.16 Å². The minimum atomic E-state index is -0.270. The Morgan fingerprint density at radius 2 is 1.93 bits per heavy atom. The van der Waals surface area contributed by atoms with Crippen molar-refractivity contribution < 1.29 is 9.21 Å². The molecule has 28 heavy (non-hydrogen) atoms. The van der Waals surface area contributed by atoms with Gasteiger partial charge in [0, 0.05) is 5.56 Å². The first-order valence-electron chi connectivity index (χ1n) is 8.41. The number of carbonyl (C=O) groups excluding carboxylic acids is 1. The van der Waals surface area contributed by atoms with Crippen molar-refractivity contribution in [2.75, 3.05) is 11.1 Å². The summed E-state index contributed by atoms with van der Waals surface area (Å²) in [5, 5.41) is 18.2. The zero-order valence-electron chi connectivity index (χ0n) is 14.4. The summed E-state index contributed by atoms with van der Waals surface area (Å²) in [7, 11) is 0. The van der Waals surface area contributed by atoms with E-state index in [1.165, 1.54) is 11.8 Å². The van der Waals surface area contributed by atoms with E-state index in [0.717, 1.165) is 16.6 Å². The smallest absolute Gasteiger partial charge is 0.322 e. The Bertz CT molecular complexity index is 1280. The second-order valence-electron chi connectivity index (χ2n) is 5.88. The third kappa shape index (κ3) is 2.99. The van der Waals surface area contributed by atoms with Crippen LogP contribution in [0.1, 0.15) is 0 Å². The molecule has 3 heterocycles. The van der Waals surface area contributed by atoms with Crippen molar-refractivity contribution in [3.8, 4) is 11.5 Å². The monoisotopic (exact) mass is 391 g/mol. The number of hydrogen-bond acceptors (Lipinski definition) is 7. The molecular weight excluding hydrogens is 378 g/mol. The van der Waals surface area contributed by atoms with Gasteiger partial charge in [-0.05, 0) is 24.3 Å². The minimum absolute atomic E-state index is 0.0599. The van der Waals surface area contributed by atoms with Crippen LogP contribution in [0.5, 0.6) is 0 Å². The summed E-state index contributed by atoms with van der Waals surface area (Å²) >= 11 is 1.29. The van der Waals surface area contributed by atoms with Crippen molar-refractivity contribution in [3.63, 3.8) is 0 Å². The van der Waals surface area contributed by atoms with Gasteiger partial charge in [-0.15, -0.1) is 10.2 Å². The third-order valence-electron chi connectivity index (χ3n) is 4.03. The van der Waals surface area contributed by atoms with Gasteiger partial charge < -0.3 is 4.42 Å². The van der Waals surface area contributed by atoms with E-state index in [1.54, 1.807) is 0 Å². The van der Waals surface area contributed by atoms with E-state index in [1.807, 2.05) is 59.0 Å². The van der Waals surface area contributed by atoms with Gasteiger partial charge in [-0.3, -0.25) is 14.5 Å². The van der Waals surface area contributed by atoms with E-state index in [4.69, 9.17) is 4.42 Å². The van der Waals surface area contributed by atoms with E-state index in [-0.39, 0.29) is 17.7 Å². The predicted molar refractivity (Wildman–Crippen MR) is 104 cm³/mol. The zero-order chi connectivity index (χ0) is 18.9. The van der Waals surface area contributed by atoms with Crippen LogP contribution in [0.25, 0.3) is 28.3 Å². The summed E-state index contributed by atoms with van der Waals surface area (Å²) in [6, 6.07) is 17.2. The Balaban J connectivity index is 1.28. The molecule has 0 aliphatic rings. The number of H-pyrrole nitrogens is 1. The summed E-state index contributed by atoms with van der Waals surface area (Å²) in [4.78, 5) is 16.7. The van der Waals surface area contributed by atoms with E-state index in [9.17, 15) is 4.79 Å². The standard InChI is InChI=1S/C18H13N7O2S/c26-14(20-17-23-21-15(27-17)11-6-2-1-3-7-11)10-28-18-24-22-16-19-12-8-4-5-9-13(12)25(16)18/h1-9H,10H2,(H,19,22)(H,20,23,26). The maximum Gasteiger partial charge on any atom is 0.322 e. The maximum absolute atomic E-state index is 12.3. The number of amides is 1. The van der Waals surface area contributed by atoms with Crippen molar-refractivity contribution in [1.29, 1.82) is 0 Å². The molecule has 10 heteroatoms. The highest BCUT2D eigenvalue weighted by Crippen LogP contribution is 2.23. The summed E-state index contributed by atoms with van der Waals surface area (Å²) in [5.41, 5.74) is 2.58. The molecule has 0 bridgehead atoms. The lowest BCUT2D eigenvalue weighted by Gasteiger charge is -2.00. The average molecular weight is 391 g/mol. The Kier molecular flexibility index (Phi) is 4.02. The van der Waals surface area contributed by atoms with Crippen LogP contribution >= 0.6 is 11.8 Å². The fourth-order valence-electron chi connectivity index (χ4n) is 2.80. The molecule has 2 aromatic carbocycles. The van der Waals surface area contributed by atoms with Gasteiger partial charge in [0.25, 0.3) is 0 Å². The molecule has 0 unspecified atom stereocenters. The number of benzene rings is 2. The highest BCUT2D eigenvalue weighted by atomic mass is 32.2. The molecule has 0 atom stereocenters. The van der Waals surface area contributed by atoms with Crippen LogP contribution in [0.15, 0.2) is 64.2 Å². The van der Waals surface area contributed by atoms with E-state index < -0.39 is 0 Å². The van der Waals surface area contributed by atoms with Crippen LogP contribution in [-0.2, 0) is 4.79 Å². The Hall–Kier alpha value is -3.66. The number of nitrogens with one attached hydrogen (secondary N) is 2. The quantitative estimate of drug-likeness (QED) is 0.443. The number of rotatable bonds is 5. The Morgan fingerprint density at radius 3 is 2.82 bits per heavy atom. The number of nitrogens with zero attached hydrogens (tertiary/aromatic N) is 5. The number of anilines is 1. The number of thioether (sulfide) groups is 1. The molecule has 0 saturated carbocycles. The molecule has 3 aromatic heterocycles. The van der Waals surface area contributed by atoms with Crippen molar-refractivity contribution in [2.45, 2.75) is 5.16 Å². The zero-order valence-corrected chi connectivity index (χ0v) is 15.2. The third-order valence-corrected chi connectivity index (χ3v) is 4.97. The molecule has 5 aromatic rings. The molecule has 0 fully saturated rings. The van der Waals surface area contributed by atoms with Gasteiger partial charge in [-0.1, -0.05) is 47.2 Å². The van der Waals surface area contributed by atoms with E-state index >= 15 is 0 Å². The molecule has 0 radical (unpaired) electrons. The van der Waals surface area contributed by atoms with Gasteiger partial charge in [0.1, 0.15) is 0 Å². The molecule has 2 N–H and O–H groups in total. The predicted octanol–water partition coefficient (Wildman–Crippen LogP) is 2.99. The fourth-order valence-corrected chi connectivity index (χ4v) is 3.55. The van der Waals surface area contributed by atoms with Crippen LogP contribution < -0.4 is 5.32 Å². The molecule has 5 rings (SSSR count). The van der Waals surface area contributed by atoms with Crippen LogP contribution in [-0.4, -0.2) is 41.4 Å². The van der Waals surface area contributed by atoms with Gasteiger partial charge in [0.2, 0.25) is 17.6 Å². The first-order chi connectivity index (χ1) is 13.8. The Labute approximate surface area is 162 Å². The van der Waals surface area contributed by atoms with Crippen molar-refractivity contribution in [2.24, 2.45) is 0 Å². The molecule has 0 spiro atoms. The number of para-hydroxylation sites is 2. The van der Waals surface area contributed by atoms with Crippen molar-refractivity contribution in [1.82, 2.24) is 29.8 Å². The molecule has 9 nitrogen and oxygen atoms in total. The van der Waals surface area contributed by atoms with Gasteiger partial charge in [0.05, 0.1) is 16.8 Å². The first kappa shape index (κ1) is 16.5. The lowest BCUT2D eigenvalue weighted by molar-refractivity contribution is -0.113. The van der Waals surface area contributed by atoms with Crippen LogP contribution in [0.4, 0.5) is 6.01 Å². The summed E-state index contributed by atoms with van der Waals surface area (Å²) < 4.78 is 7.37. The molecule has 138 valence electrons. The van der Waals surface area contributed by atoms with E-state index in [0.29, 0.717) is 16.8 Å². The van der Waals surface area contributed by atoms with Crippen molar-refractivity contribution in [3.05, 3.63) is 54.6 Å². The summed E-state index contributed by atoms with van der Waals surface area (Å²) in [6.45, 7) is 0. The molecule has 0 aliphatic carbocycles. The summed E-state index contributed by atoms with van der Waals surface area (Å²) in [6.07, 6.45) is 0. The lowest BCUT2D eigenvalue weighted by Crippen LogP contribution is -2.14. The highest BCUT2D eigenvalue weighted by Gasteiger charge is 2.15. The molecule has 0 aliphatic heterocycles. The highest BCUT2D eigenvalue weighted by molar-refractivity contribution is 7.99. The largest absolute Gasteiger partial charge is 0.403 e. The number of aromatic nitrogens is 6. The van der Waals surface area contributed by atoms with Crippen LogP contribution in [0, 0.1) is 0 Å². The SMILES string of the molecule is O=C(CSc1n[nH]c2nc3ccccc3n12)Nc1nnc(-c2ccccc2)o1. The van der Waals surface area contributed by atoms with E-state index in [2.05, 4.69) is 30.7 Å². The van der Waals surface area contributed by atoms with Crippen LogP contribution in [0.3, 0.4) is 0 Å². The average Bonchev–Trinajstić information content (AvgIpc) is 3.42. The fraction of sp³-hybridized carbons (Fsp3) is 0.0556. The number of aromatic amines is 1. The second kappa shape index (κ2) is 6.82. The normalized spacial score (nSPS) is 11.3. The number of hydrogen-bond donors (Lipinski definition) is 2. The molecular formula is C18H13N7O2S. The van der Waals surface area contributed by atoms with Gasteiger partial charge in [-0.2, -0.15) is 0 Å². The minimum Gasteiger partial charge on any atom is -0.403 e. The number of carbonyl (C=O) groups is 1. The number of imidazole rings is 1. The molecule has 0 saturated heterocycles. The molecule has 1 amide bonds. The van der Waals surface area contributed by atoms with Gasteiger partial charge >= 0.3 is 6.01 Å². The van der Waals surface area contributed by atoms with Gasteiger partial charge in [-0.25, -0.2) is 10.1 Å². The lowest BCUT2D eigenvalue weighted by atomic mass is 10.2. The maximum atomic E-state index is 12.3. The van der Waals surface area contributed by atoms with Crippen LogP contribution in [0.2, 0.25) is 0 Å². The topological polar surface area (TPSA) is 114 Å². The Morgan fingerprint density at radius 1 is 1.11 bits per heavy atom. The first-order valence-corrected chi connectivity index (χ1v) is 9.39. The van der Waals surface area contributed by atoms with Crippen molar-refractivity contribution >= 4 is 40.5 Å². The second-order valence-corrected chi connectivity index (χ2v) is 6.82. The summed E-state index contributed by atoms with van der Waals surface area (Å²) in [5.74, 6) is 0.847. The number of fused-ring (bicyclic) bond motifs is 3.